The molecule has 2 aromatic rings. The molecule has 0 aliphatic carbocycles. The zero-order valence-corrected chi connectivity index (χ0v) is 25.3. The Labute approximate surface area is 234 Å². The maximum atomic E-state index is 11.7. The summed E-state index contributed by atoms with van der Waals surface area (Å²) in [5, 5.41) is 0. The molecule has 1 heterocycles. The fraction of sp³-hybridized carbons (Fsp3) is 0.529. The molecule has 37 heavy (non-hydrogen) atoms. The standard InChI is InChI=1S/C32H44N2.2CH3.Ni/c1-5-9-11-12-13-14-22-30-29(21-10-6-2)31(27-19-15-17-25(7-3)23-27)34(33)32(30)28-20-16-18-26(8-4)24-28;;;/h15-20,23-24H,5-14,21-22H2,1-4H3;2*1H3;. The van der Waals surface area contributed by atoms with E-state index in [2.05, 4.69) is 88.0 Å². The van der Waals surface area contributed by atoms with Crippen molar-refractivity contribution in [2.45, 2.75) is 117 Å². The van der Waals surface area contributed by atoms with Gasteiger partial charge in [0.1, 0.15) is 0 Å². The molecule has 0 aromatic heterocycles. The molecule has 0 unspecified atom stereocenters. The molecule has 3 heteroatoms. The fourth-order valence-corrected chi connectivity index (χ4v) is 5.10. The van der Waals surface area contributed by atoms with Crippen LogP contribution in [0.25, 0.3) is 16.9 Å². The Morgan fingerprint density at radius 1 is 0.622 bits per heavy atom. The molecule has 3 rings (SSSR count). The summed E-state index contributed by atoms with van der Waals surface area (Å²) in [7, 11) is 0. The average molecular weight is 545 g/mol. The van der Waals surface area contributed by atoms with Gasteiger partial charge < -0.3 is 5.53 Å². The predicted octanol–water partition coefficient (Wildman–Crippen LogP) is 11.1. The van der Waals surface area contributed by atoms with Crippen LogP contribution in [0, 0.1) is 0 Å². The van der Waals surface area contributed by atoms with Gasteiger partial charge in [-0.2, -0.15) is 0 Å². The minimum absolute atomic E-state index is 1.00. The zero-order valence-electron chi connectivity index (χ0n) is 24.3. The SMILES string of the molecule is CCCCCCCCC1=C(c2cccc(CC)c2)[N+](=[N-])C(c2cccc(CC)c2)=C1CCCC.[CH3][Ni][CH3]. The van der Waals surface area contributed by atoms with E-state index in [4.69, 9.17) is 0 Å². The molecule has 2 nitrogen and oxygen atoms in total. The number of hydrogen-bond donors (Lipinski definition) is 0. The van der Waals surface area contributed by atoms with Crippen molar-refractivity contribution in [3.63, 3.8) is 0 Å². The van der Waals surface area contributed by atoms with Crippen LogP contribution in [0.3, 0.4) is 0 Å². The van der Waals surface area contributed by atoms with Crippen molar-refractivity contribution in [2.24, 2.45) is 0 Å². The Bertz CT molecular complexity index is 1050. The fourth-order valence-electron chi connectivity index (χ4n) is 5.10. The second-order valence-electron chi connectivity index (χ2n) is 10.0. The van der Waals surface area contributed by atoms with Gasteiger partial charge in [0.15, 0.2) is 0 Å². The van der Waals surface area contributed by atoms with Crippen molar-refractivity contribution in [3.8, 4) is 0 Å². The van der Waals surface area contributed by atoms with Crippen molar-refractivity contribution >= 4 is 11.4 Å². The molecule has 0 atom stereocenters. The van der Waals surface area contributed by atoms with Crippen molar-refractivity contribution in [2.75, 3.05) is 0 Å². The molecule has 0 fully saturated rings. The number of aryl methyl sites for hydroxylation is 2. The van der Waals surface area contributed by atoms with Gasteiger partial charge in [-0.05, 0) is 73.9 Å². The number of hydrogen-bond acceptors (Lipinski definition) is 0. The summed E-state index contributed by atoms with van der Waals surface area (Å²) in [5.41, 5.74) is 21.3. The first-order valence-electron chi connectivity index (χ1n) is 14.4. The van der Waals surface area contributed by atoms with Crippen LogP contribution in [-0.4, -0.2) is 4.70 Å². The molecule has 0 radical (unpaired) electrons. The van der Waals surface area contributed by atoms with Crippen molar-refractivity contribution in [1.82, 2.24) is 0 Å². The molecule has 0 saturated carbocycles. The first-order valence-corrected chi connectivity index (χ1v) is 16.4. The van der Waals surface area contributed by atoms with Crippen LogP contribution in [0.5, 0.6) is 0 Å². The Balaban J connectivity index is 0.00000153. The molecule has 0 saturated heterocycles. The summed E-state index contributed by atoms with van der Waals surface area (Å²) in [5.74, 6) is 4.12. The third-order valence-corrected chi connectivity index (χ3v) is 7.14. The number of unbranched alkanes of at least 4 members (excludes halogenated alkanes) is 6. The van der Waals surface area contributed by atoms with E-state index in [1.165, 1.54) is 65.5 Å². The van der Waals surface area contributed by atoms with Crippen molar-refractivity contribution in [3.05, 3.63) is 87.5 Å². The quantitative estimate of drug-likeness (QED) is 0.128. The molecule has 206 valence electrons. The normalized spacial score (nSPS) is 13.4. The molecule has 0 bridgehead atoms. The molecular weight excluding hydrogens is 495 g/mol. The van der Waals surface area contributed by atoms with E-state index in [-0.39, 0.29) is 0 Å². The molecule has 2 aromatic carbocycles. The van der Waals surface area contributed by atoms with Crippen LogP contribution < -0.4 is 0 Å². The monoisotopic (exact) mass is 544 g/mol. The Kier molecular flexibility index (Phi) is 14.8. The van der Waals surface area contributed by atoms with Gasteiger partial charge >= 0.3 is 26.2 Å². The predicted molar refractivity (Wildman–Crippen MR) is 158 cm³/mol. The molecule has 1 aliphatic heterocycles. The van der Waals surface area contributed by atoms with Gasteiger partial charge in [0.05, 0.1) is 0 Å². The number of nitrogens with zero attached hydrogens (tertiary/aromatic N) is 2. The van der Waals surface area contributed by atoms with Gasteiger partial charge in [-0.1, -0.05) is 90.5 Å². The Morgan fingerprint density at radius 2 is 1.05 bits per heavy atom. The van der Waals surface area contributed by atoms with Crippen LogP contribution in [-0.2, 0) is 27.3 Å². The van der Waals surface area contributed by atoms with Gasteiger partial charge in [-0.15, -0.1) is 0 Å². The van der Waals surface area contributed by atoms with Gasteiger partial charge in [-0.25, -0.2) is 4.70 Å². The maximum absolute atomic E-state index is 11.7. The topological polar surface area (TPSA) is 25.3 Å². The number of rotatable bonds is 14. The molecule has 0 amide bonds. The molecule has 0 N–H and O–H groups in total. The summed E-state index contributed by atoms with van der Waals surface area (Å²) in [4.78, 5) is 0. The van der Waals surface area contributed by atoms with Crippen LogP contribution in [0.1, 0.15) is 114 Å². The summed E-state index contributed by atoms with van der Waals surface area (Å²) in [6, 6.07) is 17.5. The van der Waals surface area contributed by atoms with E-state index in [0.717, 1.165) is 61.0 Å². The van der Waals surface area contributed by atoms with Crippen molar-refractivity contribution in [1.29, 1.82) is 0 Å². The third kappa shape index (κ3) is 9.06. The number of benzene rings is 2. The van der Waals surface area contributed by atoms with E-state index in [9.17, 15) is 5.53 Å². The van der Waals surface area contributed by atoms with E-state index in [1.54, 1.807) is 14.4 Å². The summed E-state index contributed by atoms with van der Waals surface area (Å²) in [6.45, 7) is 8.92. The van der Waals surface area contributed by atoms with Crippen LogP contribution in [0.15, 0.2) is 59.7 Å². The van der Waals surface area contributed by atoms with Gasteiger partial charge in [-0.3, -0.25) is 0 Å². The van der Waals surface area contributed by atoms with E-state index >= 15 is 0 Å². The first kappa shape index (κ1) is 31.2. The first-order chi connectivity index (χ1) is 18.1. The van der Waals surface area contributed by atoms with E-state index in [0.29, 0.717) is 0 Å². The van der Waals surface area contributed by atoms with Gasteiger partial charge in [0.2, 0.25) is 11.4 Å². The zero-order chi connectivity index (χ0) is 27.0. The summed E-state index contributed by atoms with van der Waals surface area (Å²) in [6.07, 6.45) is 14.1. The van der Waals surface area contributed by atoms with Crippen LogP contribution >= 0.6 is 0 Å². The van der Waals surface area contributed by atoms with Crippen molar-refractivity contribution < 1.29 is 19.1 Å². The summed E-state index contributed by atoms with van der Waals surface area (Å²) >= 11 is 1.62. The van der Waals surface area contributed by atoms with Crippen LogP contribution in [0.2, 0.25) is 11.8 Å². The third-order valence-electron chi connectivity index (χ3n) is 7.14. The van der Waals surface area contributed by atoms with Gasteiger partial charge in [0.25, 0.3) is 0 Å². The Hall–Kier alpha value is -1.99. The van der Waals surface area contributed by atoms with E-state index < -0.39 is 0 Å². The molecular formula is C34H50N2Ni. The van der Waals surface area contributed by atoms with Crippen LogP contribution in [0.4, 0.5) is 0 Å². The van der Waals surface area contributed by atoms with Gasteiger partial charge in [0, 0.05) is 22.3 Å². The Morgan fingerprint density at radius 3 is 1.51 bits per heavy atom. The van der Waals surface area contributed by atoms with E-state index in [1.807, 2.05) is 0 Å². The summed E-state index contributed by atoms with van der Waals surface area (Å²) < 4.78 is 1.53. The molecule has 1 aliphatic rings. The average Bonchev–Trinajstić information content (AvgIpc) is 3.20. The molecule has 0 spiro atoms. The second-order valence-corrected chi connectivity index (χ2v) is 11.0. The number of allylic oxidation sites excluding steroid dienone is 2. The second kappa shape index (κ2) is 17.5. The minimum atomic E-state index is 1.00.